The summed E-state index contributed by atoms with van der Waals surface area (Å²) in [6.07, 6.45) is 0.913. The lowest BCUT2D eigenvalue weighted by molar-refractivity contribution is -0.387. The molecule has 0 fully saturated rings. The summed E-state index contributed by atoms with van der Waals surface area (Å²) in [6, 6.07) is 4.26. The first-order chi connectivity index (χ1) is 9.02. The minimum atomic E-state index is -0.753. The number of rotatable bonds is 5. The summed E-state index contributed by atoms with van der Waals surface area (Å²) >= 11 is 0. The van der Waals surface area contributed by atoms with Crippen LogP contribution in [0.2, 0.25) is 0 Å². The number of nitrogens with one attached hydrogen (secondary N) is 1. The van der Waals surface area contributed by atoms with Crippen LogP contribution in [0.3, 0.4) is 0 Å². The molecule has 0 saturated heterocycles. The number of nitro groups is 1. The number of halogens is 1. The summed E-state index contributed by atoms with van der Waals surface area (Å²) in [6.45, 7) is 10.8. The first-order valence-electron chi connectivity index (χ1n) is 6.69. The van der Waals surface area contributed by atoms with Crippen molar-refractivity contribution in [2.45, 2.75) is 53.1 Å². The zero-order chi connectivity index (χ0) is 15.6. The number of hydrogen-bond acceptors (Lipinski definition) is 3. The van der Waals surface area contributed by atoms with Gasteiger partial charge in [0.05, 0.1) is 4.92 Å². The second-order valence-electron chi connectivity index (χ2n) is 6.98. The lowest BCUT2D eigenvalue weighted by atomic mass is 9.82. The van der Waals surface area contributed by atoms with Gasteiger partial charge in [0.1, 0.15) is 0 Å². The van der Waals surface area contributed by atoms with Crippen LogP contribution in [0.5, 0.6) is 0 Å². The van der Waals surface area contributed by atoms with Crippen molar-refractivity contribution in [2.24, 2.45) is 5.41 Å². The predicted molar refractivity (Wildman–Crippen MR) is 78.0 cm³/mol. The van der Waals surface area contributed by atoms with E-state index in [2.05, 4.69) is 26.1 Å². The maximum Gasteiger partial charge on any atom is 0.305 e. The summed E-state index contributed by atoms with van der Waals surface area (Å²) in [5.41, 5.74) is -0.174. The van der Waals surface area contributed by atoms with Crippen molar-refractivity contribution in [1.29, 1.82) is 0 Å². The van der Waals surface area contributed by atoms with Crippen molar-refractivity contribution >= 4 is 5.69 Å². The minimum Gasteiger partial charge on any atom is -0.308 e. The highest BCUT2D eigenvalue weighted by molar-refractivity contribution is 5.36. The van der Waals surface area contributed by atoms with Gasteiger partial charge in [0.15, 0.2) is 0 Å². The Hall–Kier alpha value is -1.49. The van der Waals surface area contributed by atoms with Crippen LogP contribution in [0.25, 0.3) is 0 Å². The molecule has 0 aliphatic rings. The largest absolute Gasteiger partial charge is 0.308 e. The standard InChI is InChI=1S/C15H23FN2O2/c1-14(2,3)10-15(4,5)17-9-11-7-6-8-12(13(11)16)18(19)20/h6-8,17H,9-10H2,1-5H3. The topological polar surface area (TPSA) is 55.2 Å². The van der Waals surface area contributed by atoms with Crippen LogP contribution in [0, 0.1) is 21.3 Å². The zero-order valence-electron chi connectivity index (χ0n) is 12.8. The lowest BCUT2D eigenvalue weighted by Gasteiger charge is -2.33. The van der Waals surface area contributed by atoms with Gasteiger partial charge in [-0.05, 0) is 25.7 Å². The Kier molecular flexibility index (Phi) is 4.86. The quantitative estimate of drug-likeness (QED) is 0.655. The van der Waals surface area contributed by atoms with Gasteiger partial charge in [0.25, 0.3) is 0 Å². The maximum atomic E-state index is 14.0. The fourth-order valence-electron chi connectivity index (χ4n) is 2.57. The van der Waals surface area contributed by atoms with E-state index >= 15 is 0 Å². The van der Waals surface area contributed by atoms with Gasteiger partial charge in [-0.3, -0.25) is 10.1 Å². The van der Waals surface area contributed by atoms with Gasteiger partial charge in [-0.2, -0.15) is 4.39 Å². The molecular formula is C15H23FN2O2. The molecule has 0 unspecified atom stereocenters. The molecule has 0 amide bonds. The molecule has 1 aromatic carbocycles. The Morgan fingerprint density at radius 1 is 1.25 bits per heavy atom. The van der Waals surface area contributed by atoms with E-state index in [0.717, 1.165) is 6.42 Å². The predicted octanol–water partition coefficient (Wildman–Crippen LogP) is 4.04. The van der Waals surface area contributed by atoms with Crippen LogP contribution in [-0.2, 0) is 6.54 Å². The maximum absolute atomic E-state index is 14.0. The smallest absolute Gasteiger partial charge is 0.305 e. The molecule has 0 bridgehead atoms. The van der Waals surface area contributed by atoms with Crippen LogP contribution < -0.4 is 5.32 Å². The van der Waals surface area contributed by atoms with Crippen molar-refractivity contribution in [3.05, 3.63) is 39.7 Å². The van der Waals surface area contributed by atoms with E-state index in [0.29, 0.717) is 5.56 Å². The Labute approximate surface area is 119 Å². The summed E-state index contributed by atoms with van der Waals surface area (Å²) < 4.78 is 14.0. The number of nitrogens with zero attached hydrogens (tertiary/aromatic N) is 1. The number of hydrogen-bond donors (Lipinski definition) is 1. The van der Waals surface area contributed by atoms with Crippen molar-refractivity contribution in [3.63, 3.8) is 0 Å². The second kappa shape index (κ2) is 5.87. The molecule has 0 aliphatic heterocycles. The molecule has 0 aromatic heterocycles. The van der Waals surface area contributed by atoms with Crippen molar-refractivity contribution < 1.29 is 9.31 Å². The average Bonchev–Trinajstić information content (AvgIpc) is 2.24. The first kappa shape index (κ1) is 16.6. The van der Waals surface area contributed by atoms with E-state index in [4.69, 9.17) is 0 Å². The number of nitro benzene ring substituents is 1. The van der Waals surface area contributed by atoms with Gasteiger partial charge < -0.3 is 5.32 Å². The summed E-state index contributed by atoms with van der Waals surface area (Å²) in [7, 11) is 0. The third-order valence-corrected chi connectivity index (χ3v) is 2.98. The van der Waals surface area contributed by atoms with Gasteiger partial charge in [-0.15, -0.1) is 0 Å². The molecule has 112 valence electrons. The van der Waals surface area contributed by atoms with E-state index in [1.54, 1.807) is 6.07 Å². The highest BCUT2D eigenvalue weighted by Crippen LogP contribution is 2.27. The first-order valence-corrected chi connectivity index (χ1v) is 6.69. The summed E-state index contributed by atoms with van der Waals surface area (Å²) in [5, 5.41) is 14.0. The van der Waals surface area contributed by atoms with Crippen molar-refractivity contribution in [3.8, 4) is 0 Å². The van der Waals surface area contributed by atoms with Gasteiger partial charge in [0, 0.05) is 23.7 Å². The Morgan fingerprint density at radius 3 is 2.35 bits per heavy atom. The third kappa shape index (κ3) is 4.89. The molecule has 0 saturated carbocycles. The molecule has 1 aromatic rings. The molecule has 1 N–H and O–H groups in total. The van der Waals surface area contributed by atoms with E-state index in [1.807, 2.05) is 13.8 Å². The monoisotopic (exact) mass is 282 g/mol. The minimum absolute atomic E-state index is 0.151. The Morgan fingerprint density at radius 2 is 1.85 bits per heavy atom. The number of benzene rings is 1. The highest BCUT2D eigenvalue weighted by Gasteiger charge is 2.25. The second-order valence-corrected chi connectivity index (χ2v) is 6.98. The summed E-state index contributed by atoms with van der Waals surface area (Å²) in [4.78, 5) is 10.0. The van der Waals surface area contributed by atoms with Crippen molar-refractivity contribution in [2.75, 3.05) is 0 Å². The Bertz CT molecular complexity index is 493. The molecule has 0 radical (unpaired) electrons. The fourth-order valence-corrected chi connectivity index (χ4v) is 2.57. The van der Waals surface area contributed by atoms with Gasteiger partial charge in [0.2, 0.25) is 5.82 Å². The molecular weight excluding hydrogens is 259 g/mol. The molecule has 1 rings (SSSR count). The van der Waals surface area contributed by atoms with E-state index < -0.39 is 16.4 Å². The average molecular weight is 282 g/mol. The molecule has 0 atom stereocenters. The third-order valence-electron chi connectivity index (χ3n) is 2.98. The normalized spacial score (nSPS) is 12.5. The van der Waals surface area contributed by atoms with E-state index in [9.17, 15) is 14.5 Å². The van der Waals surface area contributed by atoms with E-state index in [1.165, 1.54) is 12.1 Å². The highest BCUT2D eigenvalue weighted by atomic mass is 19.1. The van der Waals surface area contributed by atoms with Crippen molar-refractivity contribution in [1.82, 2.24) is 5.32 Å². The van der Waals surface area contributed by atoms with Crippen LogP contribution >= 0.6 is 0 Å². The van der Waals surface area contributed by atoms with Gasteiger partial charge in [-0.25, -0.2) is 0 Å². The van der Waals surface area contributed by atoms with Gasteiger partial charge in [-0.1, -0.05) is 32.9 Å². The van der Waals surface area contributed by atoms with E-state index in [-0.39, 0.29) is 17.5 Å². The van der Waals surface area contributed by atoms with Crippen LogP contribution in [0.1, 0.15) is 46.6 Å². The molecule has 5 heteroatoms. The lowest BCUT2D eigenvalue weighted by Crippen LogP contribution is -2.42. The fraction of sp³-hybridized carbons (Fsp3) is 0.600. The molecule has 20 heavy (non-hydrogen) atoms. The Balaban J connectivity index is 2.80. The summed E-state index contributed by atoms with van der Waals surface area (Å²) in [5.74, 6) is -0.753. The molecule has 0 spiro atoms. The zero-order valence-corrected chi connectivity index (χ0v) is 12.8. The molecule has 0 aliphatic carbocycles. The van der Waals surface area contributed by atoms with Crippen LogP contribution in [0.15, 0.2) is 18.2 Å². The molecule has 0 heterocycles. The molecule has 4 nitrogen and oxygen atoms in total. The SMILES string of the molecule is CC(C)(C)CC(C)(C)NCc1cccc([N+](=O)[O-])c1F. The van der Waals surface area contributed by atoms with Crippen LogP contribution in [0.4, 0.5) is 10.1 Å². The van der Waals surface area contributed by atoms with Crippen LogP contribution in [-0.4, -0.2) is 10.5 Å². The van der Waals surface area contributed by atoms with Gasteiger partial charge >= 0.3 is 5.69 Å².